The summed E-state index contributed by atoms with van der Waals surface area (Å²) in [7, 11) is 0. The number of carbonyl (C=O) groups excluding carboxylic acids is 1. The van der Waals surface area contributed by atoms with Crippen LogP contribution < -0.4 is 9.64 Å². The van der Waals surface area contributed by atoms with E-state index in [1.807, 2.05) is 62.4 Å². The fraction of sp³-hybridized carbons (Fsp3) is 0.208. The predicted octanol–water partition coefficient (Wildman–Crippen LogP) is 4.43. The van der Waals surface area contributed by atoms with Crippen molar-refractivity contribution in [3.63, 3.8) is 0 Å². The summed E-state index contributed by atoms with van der Waals surface area (Å²) >= 11 is 0. The van der Waals surface area contributed by atoms with Crippen LogP contribution >= 0.6 is 0 Å². The van der Waals surface area contributed by atoms with Crippen molar-refractivity contribution in [2.45, 2.75) is 27.2 Å². The molecule has 1 amide bonds. The fourth-order valence-electron chi connectivity index (χ4n) is 3.81. The fourth-order valence-corrected chi connectivity index (χ4v) is 3.81. The van der Waals surface area contributed by atoms with E-state index in [4.69, 9.17) is 19.2 Å². The molecule has 0 fully saturated rings. The monoisotopic (exact) mass is 427 g/mol. The molecular weight excluding hydrogens is 406 g/mol. The van der Waals surface area contributed by atoms with Gasteiger partial charge < -0.3 is 9.26 Å². The molecule has 0 radical (unpaired) electrons. The molecule has 32 heavy (non-hydrogen) atoms. The minimum absolute atomic E-state index is 0.0751. The maximum atomic E-state index is 13.1. The Balaban J connectivity index is 1.70. The van der Waals surface area contributed by atoms with E-state index >= 15 is 0 Å². The highest BCUT2D eigenvalue weighted by molar-refractivity contribution is 6.08. The van der Waals surface area contributed by atoms with E-state index in [0.29, 0.717) is 41.2 Å². The van der Waals surface area contributed by atoms with Crippen molar-refractivity contribution < 1.29 is 14.1 Å². The lowest BCUT2D eigenvalue weighted by atomic mass is 10.1. The number of anilines is 2. The molecule has 160 valence electrons. The number of hydrogen-bond acceptors (Lipinski definition) is 7. The lowest BCUT2D eigenvalue weighted by molar-refractivity contribution is -0.116. The molecule has 0 saturated heterocycles. The number of aromatic nitrogens is 4. The first-order chi connectivity index (χ1) is 15.5. The van der Waals surface area contributed by atoms with Crippen molar-refractivity contribution in [3.05, 3.63) is 65.5 Å². The lowest BCUT2D eigenvalue weighted by Gasteiger charge is -2.19. The summed E-state index contributed by atoms with van der Waals surface area (Å²) in [5.41, 5.74) is 3.76. The van der Waals surface area contributed by atoms with Gasteiger partial charge in [0.15, 0.2) is 5.82 Å². The van der Waals surface area contributed by atoms with Crippen LogP contribution in [0.4, 0.5) is 11.5 Å². The largest absolute Gasteiger partial charge is 0.494 e. The average molecular weight is 427 g/mol. The summed E-state index contributed by atoms with van der Waals surface area (Å²) in [6, 6.07) is 15.3. The number of para-hydroxylation sites is 1. The summed E-state index contributed by atoms with van der Waals surface area (Å²) in [5, 5.41) is 4.05. The van der Waals surface area contributed by atoms with Gasteiger partial charge in [0.2, 0.25) is 17.6 Å². The van der Waals surface area contributed by atoms with Gasteiger partial charge in [-0.2, -0.15) is 4.98 Å². The zero-order valence-electron chi connectivity index (χ0n) is 18.0. The van der Waals surface area contributed by atoms with Crippen LogP contribution in [0.1, 0.15) is 23.9 Å². The highest BCUT2D eigenvalue weighted by Gasteiger charge is 2.35. The molecule has 5 rings (SSSR count). The Hall–Kier alpha value is -4.07. The van der Waals surface area contributed by atoms with Gasteiger partial charge in [-0.05, 0) is 49.7 Å². The third kappa shape index (κ3) is 3.39. The standard InChI is InChI=1S/C24H21N5O3/c1-4-31-17-11-9-16(10-12-17)22-26-21(23-25-15(3)32-28-23)18-13-20(30)29(24(18)27-22)19-8-6-5-7-14(19)2/h5-12H,4,13H2,1-3H3. The van der Waals surface area contributed by atoms with Gasteiger partial charge >= 0.3 is 0 Å². The van der Waals surface area contributed by atoms with Crippen molar-refractivity contribution in [1.29, 1.82) is 0 Å². The Morgan fingerprint density at radius 2 is 1.78 bits per heavy atom. The van der Waals surface area contributed by atoms with E-state index in [0.717, 1.165) is 22.6 Å². The number of aryl methyl sites for hydroxylation is 2. The van der Waals surface area contributed by atoms with Gasteiger partial charge in [-0.1, -0.05) is 23.4 Å². The van der Waals surface area contributed by atoms with Crippen LogP contribution in [0.2, 0.25) is 0 Å². The molecule has 0 saturated carbocycles. The van der Waals surface area contributed by atoms with Crippen molar-refractivity contribution in [1.82, 2.24) is 20.1 Å². The maximum absolute atomic E-state index is 13.1. The first-order valence-electron chi connectivity index (χ1n) is 10.4. The molecule has 4 aromatic rings. The van der Waals surface area contributed by atoms with Crippen molar-refractivity contribution in [2.24, 2.45) is 0 Å². The van der Waals surface area contributed by atoms with Crippen molar-refractivity contribution in [3.8, 4) is 28.7 Å². The van der Waals surface area contributed by atoms with E-state index in [9.17, 15) is 4.79 Å². The van der Waals surface area contributed by atoms with Gasteiger partial charge in [0.25, 0.3) is 0 Å². The van der Waals surface area contributed by atoms with Gasteiger partial charge in [-0.25, -0.2) is 9.97 Å². The lowest BCUT2D eigenvalue weighted by Crippen LogP contribution is -2.22. The zero-order valence-corrected chi connectivity index (χ0v) is 18.0. The number of amides is 1. The first kappa shape index (κ1) is 19.9. The van der Waals surface area contributed by atoms with Crippen LogP contribution in [0.25, 0.3) is 22.9 Å². The molecule has 0 spiro atoms. The minimum atomic E-state index is -0.0751. The second-order valence-corrected chi connectivity index (χ2v) is 7.48. The van der Waals surface area contributed by atoms with Crippen LogP contribution in [0.5, 0.6) is 5.75 Å². The summed E-state index contributed by atoms with van der Waals surface area (Å²) in [4.78, 5) is 28.7. The van der Waals surface area contributed by atoms with E-state index in [2.05, 4.69) is 10.1 Å². The molecule has 2 aromatic heterocycles. The number of benzene rings is 2. The molecule has 2 aromatic carbocycles. The number of carbonyl (C=O) groups is 1. The Bertz CT molecular complexity index is 1310. The van der Waals surface area contributed by atoms with E-state index in [1.165, 1.54) is 0 Å². The van der Waals surface area contributed by atoms with Gasteiger partial charge in [-0.3, -0.25) is 9.69 Å². The highest BCUT2D eigenvalue weighted by Crippen LogP contribution is 2.40. The van der Waals surface area contributed by atoms with Crippen molar-refractivity contribution in [2.75, 3.05) is 11.5 Å². The Morgan fingerprint density at radius 3 is 2.47 bits per heavy atom. The molecule has 0 N–H and O–H groups in total. The topological polar surface area (TPSA) is 94.2 Å². The van der Waals surface area contributed by atoms with Gasteiger partial charge in [0, 0.05) is 18.1 Å². The highest BCUT2D eigenvalue weighted by atomic mass is 16.5. The van der Waals surface area contributed by atoms with Gasteiger partial charge in [-0.15, -0.1) is 0 Å². The second-order valence-electron chi connectivity index (χ2n) is 7.48. The molecule has 8 heteroatoms. The Morgan fingerprint density at radius 1 is 1.00 bits per heavy atom. The number of ether oxygens (including phenoxy) is 1. The Kier molecular flexibility index (Phi) is 4.89. The SMILES string of the molecule is CCOc1ccc(-c2nc(-c3noc(C)n3)c3c(n2)N(c2ccccc2C)C(=O)C3)cc1. The minimum Gasteiger partial charge on any atom is -0.494 e. The molecule has 0 unspecified atom stereocenters. The molecular formula is C24H21N5O3. The van der Waals surface area contributed by atoms with E-state index < -0.39 is 0 Å². The smallest absolute Gasteiger partial charge is 0.237 e. The molecule has 1 aliphatic heterocycles. The Labute approximate surface area is 184 Å². The predicted molar refractivity (Wildman–Crippen MR) is 119 cm³/mol. The molecule has 0 bridgehead atoms. The average Bonchev–Trinajstić information content (AvgIpc) is 3.37. The van der Waals surface area contributed by atoms with E-state index in [1.54, 1.807) is 11.8 Å². The zero-order chi connectivity index (χ0) is 22.2. The number of nitrogens with zero attached hydrogens (tertiary/aromatic N) is 5. The summed E-state index contributed by atoms with van der Waals surface area (Å²) in [6.45, 7) is 6.21. The van der Waals surface area contributed by atoms with Gasteiger partial charge in [0.05, 0.1) is 18.7 Å². The van der Waals surface area contributed by atoms with Crippen molar-refractivity contribution >= 4 is 17.4 Å². The number of fused-ring (bicyclic) bond motifs is 1. The van der Waals surface area contributed by atoms with Crippen LogP contribution in [0, 0.1) is 13.8 Å². The molecule has 3 heterocycles. The molecule has 8 nitrogen and oxygen atoms in total. The molecule has 0 atom stereocenters. The normalized spacial score (nSPS) is 12.8. The maximum Gasteiger partial charge on any atom is 0.237 e. The molecule has 1 aliphatic rings. The second kappa shape index (κ2) is 7.88. The van der Waals surface area contributed by atoms with E-state index in [-0.39, 0.29) is 12.3 Å². The summed E-state index contributed by atoms with van der Waals surface area (Å²) < 4.78 is 10.7. The van der Waals surface area contributed by atoms with Crippen LogP contribution in [-0.4, -0.2) is 32.6 Å². The third-order valence-corrected chi connectivity index (χ3v) is 5.29. The quantitative estimate of drug-likeness (QED) is 0.465. The summed E-state index contributed by atoms with van der Waals surface area (Å²) in [5.74, 6) is 2.47. The van der Waals surface area contributed by atoms with Crippen LogP contribution in [0.3, 0.4) is 0 Å². The number of hydrogen-bond donors (Lipinski definition) is 0. The van der Waals surface area contributed by atoms with Crippen LogP contribution in [0.15, 0.2) is 53.1 Å². The third-order valence-electron chi connectivity index (χ3n) is 5.29. The van der Waals surface area contributed by atoms with Gasteiger partial charge in [0.1, 0.15) is 17.3 Å². The first-order valence-corrected chi connectivity index (χ1v) is 10.4. The number of rotatable bonds is 5. The van der Waals surface area contributed by atoms with Crippen LogP contribution in [-0.2, 0) is 11.2 Å². The summed E-state index contributed by atoms with van der Waals surface area (Å²) in [6.07, 6.45) is 0.163. The molecule has 0 aliphatic carbocycles.